The summed E-state index contributed by atoms with van der Waals surface area (Å²) < 4.78 is 0. The van der Waals surface area contributed by atoms with Crippen molar-refractivity contribution in [1.29, 1.82) is 0 Å². The summed E-state index contributed by atoms with van der Waals surface area (Å²) in [6, 6.07) is 7.59. The van der Waals surface area contributed by atoms with Crippen LogP contribution in [-0.4, -0.2) is 52.9 Å². The number of amides is 1. The molecule has 1 amide bonds. The van der Waals surface area contributed by atoms with Gasteiger partial charge in [0.15, 0.2) is 0 Å². The first-order chi connectivity index (χ1) is 15.5. The number of pyridine rings is 1. The van der Waals surface area contributed by atoms with Crippen molar-refractivity contribution in [2.75, 3.05) is 27.2 Å². The summed E-state index contributed by atoms with van der Waals surface area (Å²) in [4.78, 5) is 39.1. The van der Waals surface area contributed by atoms with E-state index in [1.165, 1.54) is 12.8 Å². The summed E-state index contributed by atoms with van der Waals surface area (Å²) in [7, 11) is 3.94. The molecular formula is C25H29N5O2. The number of imidazole rings is 1. The van der Waals surface area contributed by atoms with Gasteiger partial charge in [0.1, 0.15) is 5.82 Å². The van der Waals surface area contributed by atoms with Crippen LogP contribution in [0.15, 0.2) is 35.3 Å². The number of H-pyrrole nitrogens is 2. The SMILES string of the molecule is CN(C)CCNC(=O)c1ccc2c(c1)-c1c(cc[nH]c1=O)-c1nc(C3CCCC3)[nH]c1C2. The lowest BCUT2D eigenvalue weighted by Gasteiger charge is -2.13. The van der Waals surface area contributed by atoms with Gasteiger partial charge in [-0.25, -0.2) is 4.98 Å². The van der Waals surface area contributed by atoms with Crippen molar-refractivity contribution in [3.8, 4) is 22.4 Å². The van der Waals surface area contributed by atoms with Crippen LogP contribution in [0.1, 0.15) is 59.0 Å². The molecule has 0 aliphatic heterocycles. The summed E-state index contributed by atoms with van der Waals surface area (Å²) >= 11 is 0. The second-order valence-corrected chi connectivity index (χ2v) is 9.13. The van der Waals surface area contributed by atoms with Crippen molar-refractivity contribution >= 4 is 5.91 Å². The lowest BCUT2D eigenvalue weighted by Crippen LogP contribution is -2.31. The standard InChI is InChI=1S/C25H29N5O2/c1-30(2)12-11-27-24(31)17-8-7-16-14-20-22(29-23(28-20)15-5-3-4-6-15)18-9-10-26-25(32)21(18)19(16)13-17/h7-10,13,15H,3-6,11-12,14H2,1-2H3,(H,26,32)(H,27,31)(H,28,29). The van der Waals surface area contributed by atoms with Crippen LogP contribution in [0.25, 0.3) is 22.4 Å². The van der Waals surface area contributed by atoms with E-state index in [9.17, 15) is 9.59 Å². The molecule has 2 aromatic heterocycles. The topological polar surface area (TPSA) is 93.9 Å². The summed E-state index contributed by atoms with van der Waals surface area (Å²) in [5.74, 6) is 1.38. The van der Waals surface area contributed by atoms with E-state index < -0.39 is 0 Å². The number of carbonyl (C=O) groups is 1. The highest BCUT2D eigenvalue weighted by atomic mass is 16.1. The molecule has 32 heavy (non-hydrogen) atoms. The first-order valence-electron chi connectivity index (χ1n) is 11.4. The van der Waals surface area contributed by atoms with Gasteiger partial charge < -0.3 is 20.2 Å². The Morgan fingerprint density at radius 2 is 2.00 bits per heavy atom. The molecule has 166 valence electrons. The lowest BCUT2D eigenvalue weighted by molar-refractivity contribution is 0.0951. The maximum absolute atomic E-state index is 13.0. The molecule has 2 aliphatic carbocycles. The second kappa shape index (κ2) is 8.39. The quantitative estimate of drug-likeness (QED) is 0.452. The molecule has 2 heterocycles. The fourth-order valence-electron chi connectivity index (χ4n) is 4.91. The molecule has 0 saturated heterocycles. The molecule has 2 aliphatic rings. The minimum atomic E-state index is -0.160. The number of nitrogens with zero attached hydrogens (tertiary/aromatic N) is 2. The van der Waals surface area contributed by atoms with Gasteiger partial charge in [0, 0.05) is 48.4 Å². The Morgan fingerprint density at radius 1 is 1.19 bits per heavy atom. The maximum Gasteiger partial charge on any atom is 0.256 e. The smallest absolute Gasteiger partial charge is 0.256 e. The molecule has 7 nitrogen and oxygen atoms in total. The molecule has 0 atom stereocenters. The van der Waals surface area contributed by atoms with E-state index in [-0.39, 0.29) is 11.5 Å². The average molecular weight is 432 g/mol. The van der Waals surface area contributed by atoms with Crippen molar-refractivity contribution in [2.24, 2.45) is 0 Å². The Labute approximate surface area is 187 Å². The highest BCUT2D eigenvalue weighted by molar-refractivity contribution is 5.97. The fourth-order valence-corrected chi connectivity index (χ4v) is 4.91. The summed E-state index contributed by atoms with van der Waals surface area (Å²) in [5, 5.41) is 2.96. The number of carbonyl (C=O) groups excluding carboxylic acids is 1. The number of nitrogens with one attached hydrogen (secondary N) is 3. The van der Waals surface area contributed by atoms with Crippen molar-refractivity contribution in [2.45, 2.75) is 38.0 Å². The number of benzene rings is 1. The predicted octanol–water partition coefficient (Wildman–Crippen LogP) is 3.29. The molecule has 0 spiro atoms. The highest BCUT2D eigenvalue weighted by Gasteiger charge is 2.28. The average Bonchev–Trinajstić information content (AvgIpc) is 3.42. The van der Waals surface area contributed by atoms with Crippen molar-refractivity contribution < 1.29 is 4.79 Å². The minimum Gasteiger partial charge on any atom is -0.351 e. The lowest BCUT2D eigenvalue weighted by atomic mass is 9.95. The first-order valence-corrected chi connectivity index (χ1v) is 11.4. The zero-order valence-electron chi connectivity index (χ0n) is 18.6. The number of aromatic amines is 2. The van der Waals surface area contributed by atoms with Gasteiger partial charge in [0.25, 0.3) is 11.5 Å². The Morgan fingerprint density at radius 3 is 2.78 bits per heavy atom. The van der Waals surface area contributed by atoms with Gasteiger partial charge >= 0.3 is 0 Å². The van der Waals surface area contributed by atoms with Crippen LogP contribution in [0.3, 0.4) is 0 Å². The third-order valence-corrected chi connectivity index (χ3v) is 6.61. The number of hydrogen-bond acceptors (Lipinski definition) is 4. The molecule has 1 fully saturated rings. The van der Waals surface area contributed by atoms with Gasteiger partial charge in [0.05, 0.1) is 11.3 Å². The highest BCUT2D eigenvalue weighted by Crippen LogP contribution is 2.40. The summed E-state index contributed by atoms with van der Waals surface area (Å²) in [6.07, 6.45) is 7.15. The molecule has 1 saturated carbocycles. The molecule has 1 aromatic carbocycles. The van der Waals surface area contributed by atoms with Crippen molar-refractivity contribution in [3.05, 3.63) is 63.5 Å². The Bertz CT molecular complexity index is 1220. The molecule has 0 radical (unpaired) electrons. The molecule has 7 heteroatoms. The van der Waals surface area contributed by atoms with Crippen LogP contribution in [0, 0.1) is 0 Å². The van der Waals surface area contributed by atoms with Gasteiger partial charge in [-0.1, -0.05) is 18.9 Å². The van der Waals surface area contributed by atoms with Gasteiger partial charge in [0.2, 0.25) is 0 Å². The first kappa shape index (κ1) is 20.7. The van der Waals surface area contributed by atoms with Crippen LogP contribution in [0.2, 0.25) is 0 Å². The monoisotopic (exact) mass is 431 g/mol. The third-order valence-electron chi connectivity index (χ3n) is 6.61. The van der Waals surface area contributed by atoms with Crippen LogP contribution in [-0.2, 0) is 6.42 Å². The van der Waals surface area contributed by atoms with Crippen molar-refractivity contribution in [1.82, 2.24) is 25.2 Å². The maximum atomic E-state index is 13.0. The van der Waals surface area contributed by atoms with E-state index in [1.807, 2.05) is 43.3 Å². The van der Waals surface area contributed by atoms with Crippen LogP contribution in [0.5, 0.6) is 0 Å². The third kappa shape index (κ3) is 3.77. The van der Waals surface area contributed by atoms with E-state index in [1.54, 1.807) is 6.20 Å². The Balaban J connectivity index is 1.56. The second-order valence-electron chi connectivity index (χ2n) is 9.13. The summed E-state index contributed by atoms with van der Waals surface area (Å²) in [5.41, 5.74) is 5.54. The molecular weight excluding hydrogens is 402 g/mol. The Kier molecular flexibility index (Phi) is 5.43. The van der Waals surface area contributed by atoms with Crippen molar-refractivity contribution in [3.63, 3.8) is 0 Å². The van der Waals surface area contributed by atoms with Gasteiger partial charge in [-0.3, -0.25) is 9.59 Å². The largest absolute Gasteiger partial charge is 0.351 e. The zero-order valence-corrected chi connectivity index (χ0v) is 18.6. The zero-order chi connectivity index (χ0) is 22.2. The van der Waals surface area contributed by atoms with E-state index in [2.05, 4.69) is 15.3 Å². The number of fused-ring (bicyclic) bond motifs is 5. The molecule has 3 N–H and O–H groups in total. The van der Waals surface area contributed by atoms with Crippen LogP contribution in [0.4, 0.5) is 0 Å². The molecule has 5 rings (SSSR count). The van der Waals surface area contributed by atoms with Gasteiger partial charge in [-0.05, 0) is 56.3 Å². The minimum absolute atomic E-state index is 0.132. The van der Waals surface area contributed by atoms with E-state index in [0.717, 1.165) is 53.3 Å². The molecule has 0 unspecified atom stereocenters. The molecule has 0 bridgehead atoms. The van der Waals surface area contributed by atoms with Gasteiger partial charge in [-0.2, -0.15) is 0 Å². The van der Waals surface area contributed by atoms with Crippen LogP contribution >= 0.6 is 0 Å². The number of likely N-dealkylation sites (N-methyl/N-ethyl adjacent to an activating group) is 1. The van der Waals surface area contributed by atoms with E-state index in [0.29, 0.717) is 30.0 Å². The van der Waals surface area contributed by atoms with Crippen LogP contribution < -0.4 is 10.9 Å². The fraction of sp³-hybridized carbons (Fsp3) is 0.400. The van der Waals surface area contributed by atoms with Gasteiger partial charge in [-0.15, -0.1) is 0 Å². The predicted molar refractivity (Wildman–Crippen MR) is 125 cm³/mol. The molecule has 3 aromatic rings. The summed E-state index contributed by atoms with van der Waals surface area (Å²) in [6.45, 7) is 1.33. The number of rotatable bonds is 5. The number of hydrogen-bond donors (Lipinski definition) is 3. The number of aromatic nitrogens is 3. The van der Waals surface area contributed by atoms with E-state index in [4.69, 9.17) is 4.98 Å². The van der Waals surface area contributed by atoms with E-state index >= 15 is 0 Å². The Hall–Kier alpha value is -3.19. The normalized spacial score (nSPS) is 15.2.